The number of esters is 1. The average molecular weight is 277 g/mol. The molecule has 19 heavy (non-hydrogen) atoms. The number of hydrogen-bond acceptors (Lipinski definition) is 4. The van der Waals surface area contributed by atoms with E-state index in [1.807, 2.05) is 0 Å². The van der Waals surface area contributed by atoms with Crippen LogP contribution in [0.3, 0.4) is 0 Å². The van der Waals surface area contributed by atoms with Crippen molar-refractivity contribution in [2.75, 3.05) is 7.11 Å². The van der Waals surface area contributed by atoms with Gasteiger partial charge in [0.05, 0.1) is 18.3 Å². The molecule has 0 amide bonds. The van der Waals surface area contributed by atoms with Crippen LogP contribution in [-0.2, 0) is 9.53 Å². The van der Waals surface area contributed by atoms with E-state index in [1.165, 1.54) is 12.1 Å². The Kier molecular flexibility index (Phi) is 3.36. The molecule has 0 unspecified atom stereocenters. The summed E-state index contributed by atoms with van der Waals surface area (Å²) in [5, 5.41) is -0.306. The molecular weight excluding hydrogens is 268 g/mol. The van der Waals surface area contributed by atoms with Crippen molar-refractivity contribution in [2.24, 2.45) is 0 Å². The minimum Gasteiger partial charge on any atom is -0.465 e. The Balaban J connectivity index is 2.61. The lowest BCUT2D eigenvalue weighted by molar-refractivity contribution is -0.135. The Morgan fingerprint density at radius 1 is 1.16 bits per heavy atom. The van der Waals surface area contributed by atoms with Crippen LogP contribution in [0.5, 0.6) is 0 Å². The van der Waals surface area contributed by atoms with Crippen molar-refractivity contribution in [2.45, 2.75) is 0 Å². The Morgan fingerprint density at radius 3 is 2.21 bits per heavy atom. The fourth-order valence-electron chi connectivity index (χ4n) is 1.84. The molecule has 5 heteroatoms. The van der Waals surface area contributed by atoms with Crippen molar-refractivity contribution >= 4 is 29.1 Å². The van der Waals surface area contributed by atoms with E-state index in [0.29, 0.717) is 0 Å². The van der Waals surface area contributed by atoms with Gasteiger partial charge in [-0.3, -0.25) is 9.59 Å². The monoisotopic (exact) mass is 276 g/mol. The average Bonchev–Trinajstić information content (AvgIpc) is 2.44. The van der Waals surface area contributed by atoms with Gasteiger partial charge in [0.2, 0.25) is 5.78 Å². The van der Waals surface area contributed by atoms with Crippen LogP contribution >= 0.6 is 11.6 Å². The summed E-state index contributed by atoms with van der Waals surface area (Å²) in [6.07, 6.45) is 0. The number of halogens is 1. The first kappa shape index (κ1) is 13.2. The van der Waals surface area contributed by atoms with Crippen LogP contribution in [0.1, 0.15) is 20.7 Å². The summed E-state index contributed by atoms with van der Waals surface area (Å²) < 4.78 is 4.49. The first-order valence-electron chi connectivity index (χ1n) is 5.34. The van der Waals surface area contributed by atoms with E-state index in [9.17, 15) is 14.4 Å². The van der Waals surface area contributed by atoms with Gasteiger partial charge in [-0.05, 0) is 0 Å². The van der Waals surface area contributed by atoms with Gasteiger partial charge in [-0.1, -0.05) is 42.4 Å². The van der Waals surface area contributed by atoms with E-state index < -0.39 is 17.5 Å². The second kappa shape index (κ2) is 4.82. The second-order valence-corrected chi connectivity index (χ2v) is 4.24. The van der Waals surface area contributed by atoms with Gasteiger partial charge in [0.25, 0.3) is 0 Å². The molecule has 0 fully saturated rings. The Morgan fingerprint density at radius 2 is 1.68 bits per heavy atom. The Labute approximate surface area is 114 Å². The summed E-state index contributed by atoms with van der Waals surface area (Å²) in [7, 11) is 1.16. The largest absolute Gasteiger partial charge is 0.465 e. The number of benzene rings is 1. The summed E-state index contributed by atoms with van der Waals surface area (Å²) in [5.74, 6) is -1.80. The predicted molar refractivity (Wildman–Crippen MR) is 69.1 cm³/mol. The van der Waals surface area contributed by atoms with E-state index in [0.717, 1.165) is 7.11 Å². The highest BCUT2D eigenvalue weighted by atomic mass is 35.5. The Hall–Kier alpha value is -2.20. The molecule has 1 aliphatic rings. The first-order valence-corrected chi connectivity index (χ1v) is 5.72. The van der Waals surface area contributed by atoms with Crippen molar-refractivity contribution in [1.82, 2.24) is 0 Å². The molecule has 0 atom stereocenters. The molecule has 0 aliphatic heterocycles. The first-order chi connectivity index (χ1) is 8.99. The zero-order valence-corrected chi connectivity index (χ0v) is 10.8. The second-order valence-electron chi connectivity index (χ2n) is 3.86. The van der Waals surface area contributed by atoms with Gasteiger partial charge in [0.1, 0.15) is 5.03 Å². The lowest BCUT2D eigenvalue weighted by Crippen LogP contribution is -2.23. The molecule has 1 aromatic carbocycles. The van der Waals surface area contributed by atoms with Crippen molar-refractivity contribution in [3.8, 4) is 0 Å². The smallest absolute Gasteiger partial charge is 0.338 e. The summed E-state index contributed by atoms with van der Waals surface area (Å²) in [4.78, 5) is 35.8. The molecule has 0 radical (unpaired) electrons. The number of ketones is 2. The van der Waals surface area contributed by atoms with Crippen molar-refractivity contribution < 1.29 is 19.1 Å². The number of Topliss-reactive ketones (excluding diaryl/α,β-unsaturated/α-hetero) is 2. The highest BCUT2D eigenvalue weighted by Crippen LogP contribution is 2.32. The summed E-state index contributed by atoms with van der Waals surface area (Å²) in [6, 6.07) is 6.27. The third-order valence-corrected chi connectivity index (χ3v) is 3.16. The van der Waals surface area contributed by atoms with Gasteiger partial charge in [0, 0.05) is 11.1 Å². The molecular formula is C14H9ClO4. The zero-order chi connectivity index (χ0) is 14.2. The standard InChI is InChI=1S/C14H9ClO4/c1-7(14(18)19-2)10-11(15)13(17)9-6-4-3-5-8(9)12(10)16/h3-6H,1H2,2H3. The molecule has 0 saturated heterocycles. The number of carbonyl (C=O) groups excluding carboxylic acids is 3. The summed E-state index contributed by atoms with van der Waals surface area (Å²) >= 11 is 5.89. The maximum absolute atomic E-state index is 12.3. The number of allylic oxidation sites excluding steroid dienone is 1. The summed E-state index contributed by atoms with van der Waals surface area (Å²) in [6.45, 7) is 3.47. The number of fused-ring (bicyclic) bond motifs is 1. The van der Waals surface area contributed by atoms with Gasteiger partial charge in [-0.2, -0.15) is 0 Å². The SMILES string of the molecule is C=C(C(=O)OC)C1=C(Cl)C(=O)c2ccccc2C1=O. The fourth-order valence-corrected chi connectivity index (χ4v) is 2.14. The molecule has 0 saturated carbocycles. The molecule has 0 spiro atoms. The zero-order valence-electron chi connectivity index (χ0n) is 10.0. The lowest BCUT2D eigenvalue weighted by atomic mass is 9.86. The number of hydrogen-bond donors (Lipinski definition) is 0. The van der Waals surface area contributed by atoms with Crippen LogP contribution in [0.25, 0.3) is 0 Å². The van der Waals surface area contributed by atoms with E-state index in [1.54, 1.807) is 12.1 Å². The van der Waals surface area contributed by atoms with Gasteiger partial charge < -0.3 is 4.74 Å². The van der Waals surface area contributed by atoms with Gasteiger partial charge in [0.15, 0.2) is 5.78 Å². The third-order valence-electron chi connectivity index (χ3n) is 2.80. The van der Waals surface area contributed by atoms with Crippen LogP contribution in [-0.4, -0.2) is 24.6 Å². The molecule has 0 bridgehead atoms. The molecule has 4 nitrogen and oxygen atoms in total. The molecule has 2 rings (SSSR count). The van der Waals surface area contributed by atoms with Gasteiger partial charge >= 0.3 is 5.97 Å². The number of carbonyl (C=O) groups is 3. The van der Waals surface area contributed by atoms with Crippen LogP contribution in [0, 0.1) is 0 Å². The quantitative estimate of drug-likeness (QED) is 0.614. The van der Waals surface area contributed by atoms with Crippen LogP contribution in [0.15, 0.2) is 47.0 Å². The van der Waals surface area contributed by atoms with Crippen LogP contribution in [0.4, 0.5) is 0 Å². The third kappa shape index (κ3) is 2.00. The highest BCUT2D eigenvalue weighted by molar-refractivity contribution is 6.51. The van der Waals surface area contributed by atoms with E-state index in [4.69, 9.17) is 11.6 Å². The maximum Gasteiger partial charge on any atom is 0.338 e. The highest BCUT2D eigenvalue weighted by Gasteiger charge is 2.34. The van der Waals surface area contributed by atoms with Gasteiger partial charge in [-0.25, -0.2) is 4.79 Å². The number of ether oxygens (including phenoxy) is 1. The molecule has 0 N–H and O–H groups in total. The maximum atomic E-state index is 12.3. The number of methoxy groups -OCH3 is 1. The molecule has 1 aromatic rings. The Bertz CT molecular complexity index is 655. The fraction of sp³-hybridized carbons (Fsp3) is 0.0714. The van der Waals surface area contributed by atoms with E-state index in [-0.39, 0.29) is 27.3 Å². The van der Waals surface area contributed by atoms with Crippen molar-refractivity contribution in [3.05, 3.63) is 58.1 Å². The molecule has 0 heterocycles. The lowest BCUT2D eigenvalue weighted by Gasteiger charge is -2.17. The van der Waals surface area contributed by atoms with Crippen molar-refractivity contribution in [1.29, 1.82) is 0 Å². The van der Waals surface area contributed by atoms with E-state index in [2.05, 4.69) is 11.3 Å². The summed E-state index contributed by atoms with van der Waals surface area (Å²) in [5.41, 5.74) is 0.00781. The van der Waals surface area contributed by atoms with Crippen LogP contribution in [0.2, 0.25) is 0 Å². The van der Waals surface area contributed by atoms with Crippen LogP contribution < -0.4 is 0 Å². The molecule has 96 valence electrons. The molecule has 0 aromatic heterocycles. The minimum absolute atomic E-state index is 0.197. The van der Waals surface area contributed by atoms with Gasteiger partial charge in [-0.15, -0.1) is 0 Å². The normalized spacial score (nSPS) is 14.2. The molecule has 1 aliphatic carbocycles. The van der Waals surface area contributed by atoms with E-state index >= 15 is 0 Å². The topological polar surface area (TPSA) is 60.4 Å². The predicted octanol–water partition coefficient (Wildman–Crippen LogP) is 2.29. The minimum atomic E-state index is -0.798. The van der Waals surface area contributed by atoms with Crippen molar-refractivity contribution in [3.63, 3.8) is 0 Å². The number of rotatable bonds is 2.